The van der Waals surface area contributed by atoms with Gasteiger partial charge in [-0.3, -0.25) is 0 Å². The minimum absolute atomic E-state index is 0.0706. The Morgan fingerprint density at radius 2 is 1.04 bits per heavy atom. The van der Waals surface area contributed by atoms with E-state index >= 15 is 0 Å². The van der Waals surface area contributed by atoms with Gasteiger partial charge in [0, 0.05) is 13.2 Å². The van der Waals surface area contributed by atoms with Crippen LogP contribution in [-0.4, -0.2) is 39.0 Å². The van der Waals surface area contributed by atoms with E-state index in [1.54, 1.807) is 0 Å². The molecule has 0 N–H and O–H groups in total. The van der Waals surface area contributed by atoms with Gasteiger partial charge >= 0.3 is 0 Å². The first kappa shape index (κ1) is 21.9. The quantitative estimate of drug-likeness (QED) is 0.322. The van der Waals surface area contributed by atoms with Crippen LogP contribution in [0.3, 0.4) is 0 Å². The molecule has 0 aromatic heterocycles. The third-order valence-electron chi connectivity index (χ3n) is 4.80. The van der Waals surface area contributed by atoms with Crippen LogP contribution in [-0.2, 0) is 18.9 Å². The molecule has 0 spiro atoms. The highest BCUT2D eigenvalue weighted by Crippen LogP contribution is 2.29. The highest BCUT2D eigenvalue weighted by Gasteiger charge is 2.22. The lowest BCUT2D eigenvalue weighted by molar-refractivity contribution is -0.148. The average molecular weight is 345 g/mol. The van der Waals surface area contributed by atoms with Gasteiger partial charge < -0.3 is 18.9 Å². The summed E-state index contributed by atoms with van der Waals surface area (Å²) in [7, 11) is 0. The van der Waals surface area contributed by atoms with E-state index in [0.717, 1.165) is 39.3 Å². The number of unbranched alkanes of at least 4 members (excludes halogenated alkanes) is 2. The maximum atomic E-state index is 5.84. The molecule has 24 heavy (non-hydrogen) atoms. The second kappa shape index (κ2) is 14.1. The molecule has 1 saturated carbocycles. The SMILES string of the molecule is CCCCOC(C)OCC1CCC(COC(C)OCCCC)CC1. The van der Waals surface area contributed by atoms with Crippen molar-refractivity contribution < 1.29 is 18.9 Å². The van der Waals surface area contributed by atoms with Crippen LogP contribution in [0.2, 0.25) is 0 Å². The van der Waals surface area contributed by atoms with Gasteiger partial charge in [0.15, 0.2) is 12.6 Å². The first-order valence-corrected chi connectivity index (χ1v) is 10.1. The largest absolute Gasteiger partial charge is 0.353 e. The number of ether oxygens (including phenoxy) is 4. The first-order chi connectivity index (χ1) is 11.7. The summed E-state index contributed by atoms with van der Waals surface area (Å²) in [4.78, 5) is 0. The van der Waals surface area contributed by atoms with Crippen molar-refractivity contribution in [2.24, 2.45) is 11.8 Å². The molecule has 4 nitrogen and oxygen atoms in total. The van der Waals surface area contributed by atoms with Gasteiger partial charge in [-0.2, -0.15) is 0 Å². The van der Waals surface area contributed by atoms with Crippen LogP contribution in [0.15, 0.2) is 0 Å². The third-order valence-corrected chi connectivity index (χ3v) is 4.80. The summed E-state index contributed by atoms with van der Waals surface area (Å²) < 4.78 is 23.0. The molecule has 0 aromatic carbocycles. The predicted octanol–water partition coefficient (Wildman–Crippen LogP) is 5.15. The van der Waals surface area contributed by atoms with Crippen molar-refractivity contribution in [2.45, 2.75) is 91.6 Å². The number of hydrogen-bond acceptors (Lipinski definition) is 4. The van der Waals surface area contributed by atoms with Crippen molar-refractivity contribution in [3.63, 3.8) is 0 Å². The summed E-state index contributed by atoms with van der Waals surface area (Å²) in [6, 6.07) is 0. The fourth-order valence-corrected chi connectivity index (χ4v) is 2.99. The van der Waals surface area contributed by atoms with E-state index in [4.69, 9.17) is 18.9 Å². The zero-order chi connectivity index (χ0) is 17.6. The van der Waals surface area contributed by atoms with E-state index in [1.165, 1.54) is 38.5 Å². The molecule has 144 valence electrons. The Morgan fingerprint density at radius 1 is 0.667 bits per heavy atom. The summed E-state index contributed by atoms with van der Waals surface area (Å²) in [5.74, 6) is 1.36. The van der Waals surface area contributed by atoms with Gasteiger partial charge in [-0.15, -0.1) is 0 Å². The molecular formula is C20H40O4. The first-order valence-electron chi connectivity index (χ1n) is 10.1. The van der Waals surface area contributed by atoms with E-state index in [9.17, 15) is 0 Å². The van der Waals surface area contributed by atoms with Crippen LogP contribution in [0.5, 0.6) is 0 Å². The average Bonchev–Trinajstić information content (AvgIpc) is 2.59. The van der Waals surface area contributed by atoms with Crippen LogP contribution in [0.25, 0.3) is 0 Å². The Bertz CT molecular complexity index is 249. The number of rotatable bonds is 14. The Kier molecular flexibility index (Phi) is 12.8. The minimum Gasteiger partial charge on any atom is -0.353 e. The van der Waals surface area contributed by atoms with Crippen LogP contribution in [0, 0.1) is 11.8 Å². The van der Waals surface area contributed by atoms with Gasteiger partial charge in [-0.1, -0.05) is 26.7 Å². The van der Waals surface area contributed by atoms with Crippen molar-refractivity contribution in [1.82, 2.24) is 0 Å². The number of hydrogen-bond donors (Lipinski definition) is 0. The van der Waals surface area contributed by atoms with Crippen molar-refractivity contribution in [2.75, 3.05) is 26.4 Å². The molecule has 0 aliphatic heterocycles. The maximum Gasteiger partial charge on any atom is 0.154 e. The molecule has 4 heteroatoms. The van der Waals surface area contributed by atoms with Crippen molar-refractivity contribution in [3.05, 3.63) is 0 Å². The molecule has 2 unspecified atom stereocenters. The molecule has 1 fully saturated rings. The molecule has 0 bridgehead atoms. The molecule has 2 atom stereocenters. The molecule has 1 aliphatic carbocycles. The van der Waals surface area contributed by atoms with Crippen molar-refractivity contribution >= 4 is 0 Å². The molecule has 0 amide bonds. The topological polar surface area (TPSA) is 36.9 Å². The van der Waals surface area contributed by atoms with Gasteiger partial charge in [0.05, 0.1) is 13.2 Å². The Balaban J connectivity index is 2.03. The van der Waals surface area contributed by atoms with Gasteiger partial charge in [0.1, 0.15) is 0 Å². The van der Waals surface area contributed by atoms with Crippen molar-refractivity contribution in [1.29, 1.82) is 0 Å². The lowest BCUT2D eigenvalue weighted by atomic mass is 9.83. The third kappa shape index (κ3) is 10.7. The van der Waals surface area contributed by atoms with E-state index in [2.05, 4.69) is 13.8 Å². The molecule has 0 heterocycles. The summed E-state index contributed by atoms with van der Waals surface area (Å²) in [6.07, 6.45) is 9.36. The smallest absolute Gasteiger partial charge is 0.154 e. The van der Waals surface area contributed by atoms with Gasteiger partial charge in [-0.25, -0.2) is 0 Å². The normalized spacial score (nSPS) is 24.0. The van der Waals surface area contributed by atoms with Crippen molar-refractivity contribution in [3.8, 4) is 0 Å². The van der Waals surface area contributed by atoms with E-state index in [1.807, 2.05) is 13.8 Å². The summed E-state index contributed by atoms with van der Waals surface area (Å²) >= 11 is 0. The second-order valence-electron chi connectivity index (χ2n) is 7.14. The van der Waals surface area contributed by atoms with Gasteiger partial charge in [0.25, 0.3) is 0 Å². The lowest BCUT2D eigenvalue weighted by Gasteiger charge is -2.29. The van der Waals surface area contributed by atoms with Crippen LogP contribution in [0.4, 0.5) is 0 Å². The van der Waals surface area contributed by atoms with Gasteiger partial charge in [-0.05, 0) is 64.2 Å². The Morgan fingerprint density at radius 3 is 1.38 bits per heavy atom. The van der Waals surface area contributed by atoms with Crippen LogP contribution in [0.1, 0.15) is 79.1 Å². The highest BCUT2D eigenvalue weighted by molar-refractivity contribution is 4.72. The summed E-state index contributed by atoms with van der Waals surface area (Å²) in [5, 5.41) is 0. The van der Waals surface area contributed by atoms with E-state index in [0.29, 0.717) is 11.8 Å². The monoisotopic (exact) mass is 344 g/mol. The fourth-order valence-electron chi connectivity index (χ4n) is 2.99. The molecule has 1 aliphatic rings. The highest BCUT2D eigenvalue weighted by atomic mass is 16.7. The van der Waals surface area contributed by atoms with Crippen LogP contribution < -0.4 is 0 Å². The lowest BCUT2D eigenvalue weighted by Crippen LogP contribution is -2.26. The summed E-state index contributed by atoms with van der Waals surface area (Å²) in [5.41, 5.74) is 0. The zero-order valence-electron chi connectivity index (χ0n) is 16.4. The zero-order valence-corrected chi connectivity index (χ0v) is 16.4. The summed E-state index contributed by atoms with van der Waals surface area (Å²) in [6.45, 7) is 11.6. The molecule has 0 radical (unpaired) electrons. The maximum absolute atomic E-state index is 5.84. The minimum atomic E-state index is -0.0706. The van der Waals surface area contributed by atoms with Crippen LogP contribution >= 0.6 is 0 Å². The van der Waals surface area contributed by atoms with E-state index in [-0.39, 0.29) is 12.6 Å². The standard InChI is InChI=1S/C20H40O4/c1-5-7-13-21-17(3)23-15-19-9-11-20(12-10-19)16-24-18(4)22-14-8-6-2/h17-20H,5-16H2,1-4H3. The van der Waals surface area contributed by atoms with Gasteiger partial charge in [0.2, 0.25) is 0 Å². The second-order valence-corrected chi connectivity index (χ2v) is 7.14. The molecule has 0 aromatic rings. The molecule has 1 rings (SSSR count). The predicted molar refractivity (Wildman–Crippen MR) is 98.0 cm³/mol. The van der Waals surface area contributed by atoms with E-state index < -0.39 is 0 Å². The molecular weight excluding hydrogens is 304 g/mol. The Labute approximate surface area is 149 Å². The fraction of sp³-hybridized carbons (Fsp3) is 1.00. The Hall–Kier alpha value is -0.160. The molecule has 0 saturated heterocycles.